The third-order valence-corrected chi connectivity index (χ3v) is 4.58. The van der Waals surface area contributed by atoms with Crippen LogP contribution < -0.4 is 5.32 Å². The molecule has 1 aromatic heterocycles. The smallest absolute Gasteiger partial charge is 0.293 e. The molecule has 0 bridgehead atoms. The van der Waals surface area contributed by atoms with Crippen molar-refractivity contribution in [2.45, 2.75) is 19.9 Å². The van der Waals surface area contributed by atoms with Gasteiger partial charge in [-0.1, -0.05) is 30.1 Å². The highest BCUT2D eigenvalue weighted by molar-refractivity contribution is 7.10. The summed E-state index contributed by atoms with van der Waals surface area (Å²) in [5, 5.41) is 16.6. The molecule has 4 nitrogen and oxygen atoms in total. The van der Waals surface area contributed by atoms with E-state index in [1.54, 1.807) is 11.3 Å². The van der Waals surface area contributed by atoms with Crippen LogP contribution in [0.2, 0.25) is 10.0 Å². The number of halogens is 2. The SMILES string of the molecule is CCc1ccsc1CNc1cc(Cl)c(Cl)cc1[N+](=O)[O-]. The lowest BCUT2D eigenvalue weighted by Crippen LogP contribution is -2.03. The second kappa shape index (κ2) is 6.43. The van der Waals surface area contributed by atoms with Crippen LogP contribution in [0.3, 0.4) is 0 Å². The molecule has 1 heterocycles. The molecule has 0 saturated heterocycles. The Morgan fingerprint density at radius 1 is 1.35 bits per heavy atom. The molecule has 1 aromatic carbocycles. The lowest BCUT2D eigenvalue weighted by Gasteiger charge is -2.08. The van der Waals surface area contributed by atoms with Crippen molar-refractivity contribution in [1.29, 1.82) is 0 Å². The van der Waals surface area contributed by atoms with Crippen molar-refractivity contribution in [1.82, 2.24) is 0 Å². The highest BCUT2D eigenvalue weighted by atomic mass is 35.5. The van der Waals surface area contributed by atoms with Crippen LogP contribution in [0.5, 0.6) is 0 Å². The molecule has 0 radical (unpaired) electrons. The Hall–Kier alpha value is -1.30. The van der Waals surface area contributed by atoms with Gasteiger partial charge in [0.05, 0.1) is 15.0 Å². The van der Waals surface area contributed by atoms with E-state index in [0.717, 1.165) is 11.3 Å². The summed E-state index contributed by atoms with van der Waals surface area (Å²) in [6.45, 7) is 2.60. The first-order valence-corrected chi connectivity index (χ1v) is 7.59. The molecule has 0 atom stereocenters. The highest BCUT2D eigenvalue weighted by Gasteiger charge is 2.17. The maximum atomic E-state index is 11.0. The Morgan fingerprint density at radius 2 is 2.05 bits per heavy atom. The Bertz CT molecular complexity index is 643. The fourth-order valence-corrected chi connectivity index (χ4v) is 3.08. The zero-order chi connectivity index (χ0) is 14.7. The van der Waals surface area contributed by atoms with Crippen molar-refractivity contribution in [3.63, 3.8) is 0 Å². The summed E-state index contributed by atoms with van der Waals surface area (Å²) in [5.41, 5.74) is 1.54. The van der Waals surface area contributed by atoms with Crippen molar-refractivity contribution < 1.29 is 4.92 Å². The number of nitrogens with zero attached hydrogens (tertiary/aromatic N) is 1. The molecule has 0 saturated carbocycles. The molecule has 0 fully saturated rings. The van der Waals surface area contributed by atoms with E-state index >= 15 is 0 Å². The maximum Gasteiger partial charge on any atom is 0.293 e. The number of rotatable bonds is 5. The second-order valence-corrected chi connectivity index (χ2v) is 5.93. The van der Waals surface area contributed by atoms with Gasteiger partial charge in [-0.25, -0.2) is 0 Å². The average Bonchev–Trinajstić information content (AvgIpc) is 2.86. The minimum atomic E-state index is -0.473. The van der Waals surface area contributed by atoms with Gasteiger partial charge in [0, 0.05) is 17.5 Å². The predicted octanol–water partition coefficient (Wildman–Crippen LogP) is 5.14. The summed E-state index contributed by atoms with van der Waals surface area (Å²) in [4.78, 5) is 11.7. The van der Waals surface area contributed by atoms with Crippen molar-refractivity contribution in [3.8, 4) is 0 Å². The minimum absolute atomic E-state index is 0.0750. The van der Waals surface area contributed by atoms with E-state index in [-0.39, 0.29) is 10.7 Å². The summed E-state index contributed by atoms with van der Waals surface area (Å²) in [5.74, 6) is 0. The van der Waals surface area contributed by atoms with Gasteiger partial charge in [-0.15, -0.1) is 11.3 Å². The van der Waals surface area contributed by atoms with Crippen LogP contribution >= 0.6 is 34.5 Å². The van der Waals surface area contributed by atoms with Gasteiger partial charge in [0.2, 0.25) is 0 Å². The summed E-state index contributed by atoms with van der Waals surface area (Å²) in [6.07, 6.45) is 0.935. The van der Waals surface area contributed by atoms with Crippen LogP contribution in [0.4, 0.5) is 11.4 Å². The standard InChI is InChI=1S/C13H12Cl2N2O2S/c1-2-8-3-4-20-13(8)7-16-11-5-9(14)10(15)6-12(11)17(18)19/h3-6,16H,2,7H2,1H3. The molecular formula is C13H12Cl2N2O2S. The number of nitrogens with one attached hydrogen (secondary N) is 1. The first-order valence-electron chi connectivity index (χ1n) is 5.95. The molecule has 1 N–H and O–H groups in total. The lowest BCUT2D eigenvalue weighted by molar-refractivity contribution is -0.383. The van der Waals surface area contributed by atoms with E-state index in [2.05, 4.69) is 18.3 Å². The molecule has 106 valence electrons. The Balaban J connectivity index is 2.25. The Kier molecular flexibility index (Phi) is 4.86. The third kappa shape index (κ3) is 3.23. The molecule has 20 heavy (non-hydrogen) atoms. The van der Waals surface area contributed by atoms with E-state index in [0.29, 0.717) is 17.3 Å². The summed E-state index contributed by atoms with van der Waals surface area (Å²) in [6, 6.07) is 4.81. The summed E-state index contributed by atoms with van der Waals surface area (Å²) in [7, 11) is 0. The van der Waals surface area contributed by atoms with Crippen LogP contribution in [0.25, 0.3) is 0 Å². The first kappa shape index (κ1) is 15.1. The zero-order valence-electron chi connectivity index (χ0n) is 10.7. The molecule has 0 aliphatic carbocycles. The lowest BCUT2D eigenvalue weighted by atomic mass is 10.2. The van der Waals surface area contributed by atoms with Crippen molar-refractivity contribution in [2.75, 3.05) is 5.32 Å². The molecular weight excluding hydrogens is 319 g/mol. The topological polar surface area (TPSA) is 55.2 Å². The Labute approximate surface area is 130 Å². The van der Waals surface area contributed by atoms with Gasteiger partial charge in [-0.3, -0.25) is 10.1 Å². The van der Waals surface area contributed by atoms with Crippen LogP contribution in [0, 0.1) is 10.1 Å². The van der Waals surface area contributed by atoms with Crippen molar-refractivity contribution in [3.05, 3.63) is 54.2 Å². The zero-order valence-corrected chi connectivity index (χ0v) is 13.0. The largest absolute Gasteiger partial charge is 0.375 e. The summed E-state index contributed by atoms with van der Waals surface area (Å²) < 4.78 is 0. The predicted molar refractivity (Wildman–Crippen MR) is 84.1 cm³/mol. The summed E-state index contributed by atoms with van der Waals surface area (Å²) >= 11 is 13.4. The number of nitro benzene ring substituents is 1. The van der Waals surface area contributed by atoms with Crippen molar-refractivity contribution in [2.24, 2.45) is 0 Å². The number of hydrogen-bond donors (Lipinski definition) is 1. The molecule has 0 unspecified atom stereocenters. The Morgan fingerprint density at radius 3 is 2.70 bits per heavy atom. The minimum Gasteiger partial charge on any atom is -0.375 e. The fourth-order valence-electron chi connectivity index (χ4n) is 1.84. The number of hydrogen-bond acceptors (Lipinski definition) is 4. The van der Waals surface area contributed by atoms with E-state index in [1.807, 2.05) is 5.38 Å². The van der Waals surface area contributed by atoms with E-state index < -0.39 is 4.92 Å². The normalized spacial score (nSPS) is 10.6. The fraction of sp³-hybridized carbons (Fsp3) is 0.231. The van der Waals surface area contributed by atoms with Gasteiger partial charge in [0.15, 0.2) is 0 Å². The van der Waals surface area contributed by atoms with Gasteiger partial charge >= 0.3 is 0 Å². The van der Waals surface area contributed by atoms with Gasteiger partial charge in [0.25, 0.3) is 5.69 Å². The molecule has 0 aliphatic heterocycles. The number of anilines is 1. The third-order valence-electron chi connectivity index (χ3n) is 2.89. The molecule has 2 aromatic rings. The number of aryl methyl sites for hydroxylation is 1. The monoisotopic (exact) mass is 330 g/mol. The van der Waals surface area contributed by atoms with Crippen LogP contribution in [0.1, 0.15) is 17.4 Å². The van der Waals surface area contributed by atoms with Gasteiger partial charge in [0.1, 0.15) is 5.69 Å². The van der Waals surface area contributed by atoms with E-state index in [1.165, 1.54) is 17.7 Å². The van der Waals surface area contributed by atoms with E-state index in [9.17, 15) is 10.1 Å². The van der Waals surface area contributed by atoms with Gasteiger partial charge < -0.3 is 5.32 Å². The highest BCUT2D eigenvalue weighted by Crippen LogP contribution is 2.34. The molecule has 7 heteroatoms. The first-order chi connectivity index (χ1) is 9.52. The van der Waals surface area contributed by atoms with Crippen LogP contribution in [0.15, 0.2) is 23.6 Å². The molecule has 2 rings (SSSR count). The molecule has 0 amide bonds. The number of nitro groups is 1. The number of thiophene rings is 1. The average molecular weight is 331 g/mol. The van der Waals surface area contributed by atoms with Crippen molar-refractivity contribution >= 4 is 45.9 Å². The maximum absolute atomic E-state index is 11.0. The van der Waals surface area contributed by atoms with Gasteiger partial charge in [-0.2, -0.15) is 0 Å². The molecule has 0 aliphatic rings. The molecule has 0 spiro atoms. The van der Waals surface area contributed by atoms with E-state index in [4.69, 9.17) is 23.2 Å². The van der Waals surface area contributed by atoms with Crippen LogP contribution in [-0.4, -0.2) is 4.92 Å². The van der Waals surface area contributed by atoms with Crippen LogP contribution in [-0.2, 0) is 13.0 Å². The van der Waals surface area contributed by atoms with Gasteiger partial charge in [-0.05, 0) is 29.5 Å². The second-order valence-electron chi connectivity index (χ2n) is 4.12. The number of benzene rings is 1. The quantitative estimate of drug-likeness (QED) is 0.610.